The van der Waals surface area contributed by atoms with Crippen LogP contribution in [0.2, 0.25) is 0 Å². The lowest BCUT2D eigenvalue weighted by Gasteiger charge is -2.02. The maximum absolute atomic E-state index is 11.3. The van der Waals surface area contributed by atoms with Crippen LogP contribution in [0.25, 0.3) is 0 Å². The zero-order valence-electron chi connectivity index (χ0n) is 7.66. The van der Waals surface area contributed by atoms with Crippen LogP contribution in [0.1, 0.15) is 24.3 Å². The third kappa shape index (κ3) is 2.42. The number of nitrogens with zero attached hydrogens (tertiary/aromatic N) is 1. The van der Waals surface area contributed by atoms with Crippen LogP contribution in [-0.2, 0) is 4.74 Å². The van der Waals surface area contributed by atoms with E-state index in [2.05, 4.69) is 10.3 Å². The van der Waals surface area contributed by atoms with Gasteiger partial charge in [-0.1, -0.05) is 0 Å². The van der Waals surface area contributed by atoms with E-state index < -0.39 is 0 Å². The fourth-order valence-electron chi connectivity index (χ4n) is 0.877. The first-order chi connectivity index (χ1) is 6.29. The summed E-state index contributed by atoms with van der Waals surface area (Å²) in [5.74, 6) is -0.361. The largest absolute Gasteiger partial charge is 0.461 e. The zero-order chi connectivity index (χ0) is 9.68. The number of hydrogen-bond donors (Lipinski definition) is 1. The Bertz CT molecular complexity index is 285. The van der Waals surface area contributed by atoms with Crippen molar-refractivity contribution < 1.29 is 9.53 Å². The van der Waals surface area contributed by atoms with Gasteiger partial charge in [0, 0.05) is 6.54 Å². The number of esters is 1. The van der Waals surface area contributed by atoms with Crippen molar-refractivity contribution in [3.8, 4) is 0 Å². The molecule has 0 aromatic carbocycles. The summed E-state index contributed by atoms with van der Waals surface area (Å²) < 4.78 is 4.84. The van der Waals surface area contributed by atoms with Crippen molar-refractivity contribution in [3.63, 3.8) is 0 Å². The van der Waals surface area contributed by atoms with E-state index >= 15 is 0 Å². The van der Waals surface area contributed by atoms with Crippen LogP contribution in [0.3, 0.4) is 0 Å². The first-order valence-electron chi connectivity index (χ1n) is 4.14. The molecule has 72 valence electrons. The number of carbonyl (C=O) groups is 1. The van der Waals surface area contributed by atoms with Gasteiger partial charge in [-0.05, 0) is 13.8 Å². The molecule has 1 heterocycles. The van der Waals surface area contributed by atoms with E-state index in [1.807, 2.05) is 6.92 Å². The SMILES string of the molecule is CCNc1scnc1C(=O)OCC. The third-order valence-electron chi connectivity index (χ3n) is 1.37. The summed E-state index contributed by atoms with van der Waals surface area (Å²) >= 11 is 1.41. The lowest BCUT2D eigenvalue weighted by atomic mass is 10.4. The van der Waals surface area contributed by atoms with E-state index in [1.54, 1.807) is 12.4 Å². The van der Waals surface area contributed by atoms with Crippen molar-refractivity contribution in [2.45, 2.75) is 13.8 Å². The third-order valence-corrected chi connectivity index (χ3v) is 2.16. The van der Waals surface area contributed by atoms with E-state index in [9.17, 15) is 4.79 Å². The Balaban J connectivity index is 2.74. The quantitative estimate of drug-likeness (QED) is 0.752. The average molecular weight is 200 g/mol. The number of rotatable bonds is 4. The molecule has 0 bridgehead atoms. The molecule has 0 amide bonds. The second kappa shape index (κ2) is 4.81. The standard InChI is InChI=1S/C8H12N2O2S/c1-3-9-7-6(10-5-13-7)8(11)12-4-2/h5,9H,3-4H2,1-2H3. The van der Waals surface area contributed by atoms with Crippen LogP contribution < -0.4 is 5.32 Å². The minimum atomic E-state index is -0.361. The molecule has 0 spiro atoms. The molecular weight excluding hydrogens is 188 g/mol. The van der Waals surface area contributed by atoms with Gasteiger partial charge in [0.2, 0.25) is 0 Å². The highest BCUT2D eigenvalue weighted by Gasteiger charge is 2.14. The normalized spacial score (nSPS) is 9.69. The van der Waals surface area contributed by atoms with Crippen molar-refractivity contribution in [3.05, 3.63) is 11.2 Å². The maximum Gasteiger partial charge on any atom is 0.360 e. The molecule has 0 atom stereocenters. The van der Waals surface area contributed by atoms with Gasteiger partial charge >= 0.3 is 5.97 Å². The summed E-state index contributed by atoms with van der Waals surface area (Å²) in [4.78, 5) is 15.2. The summed E-state index contributed by atoms with van der Waals surface area (Å²) in [5.41, 5.74) is 2.01. The summed E-state index contributed by atoms with van der Waals surface area (Å²) in [6.07, 6.45) is 0. The van der Waals surface area contributed by atoms with Gasteiger partial charge in [0.15, 0.2) is 5.69 Å². The highest BCUT2D eigenvalue weighted by molar-refractivity contribution is 7.14. The molecule has 0 aliphatic carbocycles. The van der Waals surface area contributed by atoms with Crippen molar-refractivity contribution in [1.82, 2.24) is 4.98 Å². The van der Waals surface area contributed by atoms with Gasteiger partial charge in [-0.25, -0.2) is 9.78 Å². The Morgan fingerprint density at radius 1 is 1.69 bits per heavy atom. The molecule has 0 saturated carbocycles. The van der Waals surface area contributed by atoms with Gasteiger partial charge in [-0.3, -0.25) is 0 Å². The predicted molar refractivity (Wildman–Crippen MR) is 52.2 cm³/mol. The highest BCUT2D eigenvalue weighted by atomic mass is 32.1. The number of anilines is 1. The Morgan fingerprint density at radius 3 is 3.08 bits per heavy atom. The monoisotopic (exact) mass is 200 g/mol. The predicted octanol–water partition coefficient (Wildman–Crippen LogP) is 1.75. The molecule has 5 heteroatoms. The van der Waals surface area contributed by atoms with Gasteiger partial charge in [-0.15, -0.1) is 11.3 Å². The maximum atomic E-state index is 11.3. The molecule has 1 rings (SSSR count). The molecule has 1 N–H and O–H groups in total. The van der Waals surface area contributed by atoms with Crippen molar-refractivity contribution in [1.29, 1.82) is 0 Å². The van der Waals surface area contributed by atoms with Gasteiger partial charge in [0.1, 0.15) is 5.00 Å². The number of aromatic nitrogens is 1. The molecule has 0 fully saturated rings. The first-order valence-corrected chi connectivity index (χ1v) is 5.02. The fraction of sp³-hybridized carbons (Fsp3) is 0.500. The summed E-state index contributed by atoms with van der Waals surface area (Å²) in [6.45, 7) is 4.89. The molecule has 0 saturated heterocycles. The van der Waals surface area contributed by atoms with E-state index in [0.29, 0.717) is 12.3 Å². The van der Waals surface area contributed by atoms with Crippen molar-refractivity contribution >= 4 is 22.3 Å². The zero-order valence-corrected chi connectivity index (χ0v) is 8.48. The smallest absolute Gasteiger partial charge is 0.360 e. The molecule has 1 aromatic rings. The second-order valence-electron chi connectivity index (χ2n) is 2.28. The Morgan fingerprint density at radius 2 is 2.46 bits per heavy atom. The lowest BCUT2D eigenvalue weighted by Crippen LogP contribution is -2.08. The average Bonchev–Trinajstić information content (AvgIpc) is 2.54. The first kappa shape index (κ1) is 9.98. The van der Waals surface area contributed by atoms with Gasteiger partial charge in [0.25, 0.3) is 0 Å². The molecule has 0 unspecified atom stereocenters. The van der Waals surface area contributed by atoms with Crippen LogP contribution in [-0.4, -0.2) is 24.1 Å². The summed E-state index contributed by atoms with van der Waals surface area (Å²) in [5, 5.41) is 3.83. The van der Waals surface area contributed by atoms with Crippen LogP contribution >= 0.6 is 11.3 Å². The fourth-order valence-corrected chi connectivity index (χ4v) is 1.62. The summed E-state index contributed by atoms with van der Waals surface area (Å²) in [6, 6.07) is 0. The molecule has 0 aliphatic heterocycles. The number of nitrogens with one attached hydrogen (secondary N) is 1. The van der Waals surface area contributed by atoms with Crippen molar-refractivity contribution in [2.24, 2.45) is 0 Å². The van der Waals surface area contributed by atoms with Crippen LogP contribution in [0.15, 0.2) is 5.51 Å². The van der Waals surface area contributed by atoms with Gasteiger partial charge in [0.05, 0.1) is 12.1 Å². The topological polar surface area (TPSA) is 51.2 Å². The van der Waals surface area contributed by atoms with E-state index in [0.717, 1.165) is 11.5 Å². The molecule has 13 heavy (non-hydrogen) atoms. The molecule has 0 aliphatic rings. The van der Waals surface area contributed by atoms with E-state index in [1.165, 1.54) is 11.3 Å². The number of ether oxygens (including phenoxy) is 1. The summed E-state index contributed by atoms with van der Waals surface area (Å²) in [7, 11) is 0. The Hall–Kier alpha value is -1.10. The Labute approximate surface area is 80.9 Å². The second-order valence-corrected chi connectivity index (χ2v) is 3.14. The van der Waals surface area contributed by atoms with Gasteiger partial charge < -0.3 is 10.1 Å². The lowest BCUT2D eigenvalue weighted by molar-refractivity contribution is 0.0521. The number of carbonyl (C=O) groups excluding carboxylic acids is 1. The van der Waals surface area contributed by atoms with E-state index in [4.69, 9.17) is 4.74 Å². The van der Waals surface area contributed by atoms with Crippen LogP contribution in [0.5, 0.6) is 0 Å². The number of hydrogen-bond acceptors (Lipinski definition) is 5. The van der Waals surface area contributed by atoms with E-state index in [-0.39, 0.29) is 5.97 Å². The van der Waals surface area contributed by atoms with Gasteiger partial charge in [-0.2, -0.15) is 0 Å². The van der Waals surface area contributed by atoms with Crippen LogP contribution in [0, 0.1) is 0 Å². The minimum absolute atomic E-state index is 0.361. The molecule has 1 aromatic heterocycles. The highest BCUT2D eigenvalue weighted by Crippen LogP contribution is 2.20. The van der Waals surface area contributed by atoms with Crippen molar-refractivity contribution in [2.75, 3.05) is 18.5 Å². The Kier molecular flexibility index (Phi) is 3.70. The molecule has 0 radical (unpaired) electrons. The molecular formula is C8H12N2O2S. The minimum Gasteiger partial charge on any atom is -0.461 e. The number of thiazole rings is 1. The van der Waals surface area contributed by atoms with Crippen LogP contribution in [0.4, 0.5) is 5.00 Å². The molecule has 4 nitrogen and oxygen atoms in total.